The number of aryl methyl sites for hydroxylation is 1. The van der Waals surface area contributed by atoms with Gasteiger partial charge in [-0.05, 0) is 44.4 Å². The number of rotatable bonds is 8. The molecular weight excluding hydrogens is 454 g/mol. The molecule has 0 bridgehead atoms. The van der Waals surface area contributed by atoms with E-state index in [4.69, 9.17) is 10.1 Å². The van der Waals surface area contributed by atoms with Crippen molar-refractivity contribution in [3.05, 3.63) is 58.4 Å². The summed E-state index contributed by atoms with van der Waals surface area (Å²) in [6, 6.07) is 10.4. The van der Waals surface area contributed by atoms with Gasteiger partial charge in [-0.15, -0.1) is 23.7 Å². The van der Waals surface area contributed by atoms with Crippen LogP contribution in [-0.2, 0) is 17.6 Å². The lowest BCUT2D eigenvalue weighted by Crippen LogP contribution is -2.49. The van der Waals surface area contributed by atoms with Gasteiger partial charge in [-0.2, -0.15) is 5.10 Å². The van der Waals surface area contributed by atoms with Gasteiger partial charge in [-0.3, -0.25) is 4.79 Å². The Morgan fingerprint density at radius 1 is 1.06 bits per heavy atom. The molecule has 178 valence electrons. The lowest BCUT2D eigenvalue weighted by molar-refractivity contribution is -0.130. The predicted molar refractivity (Wildman–Crippen MR) is 138 cm³/mol. The Balaban J connectivity index is 0.00000306. The van der Waals surface area contributed by atoms with Crippen molar-refractivity contribution in [1.29, 1.82) is 0 Å². The number of nitrogens with zero attached hydrogens (tertiary/aromatic N) is 5. The van der Waals surface area contributed by atoms with Gasteiger partial charge in [0.2, 0.25) is 11.0 Å². The van der Waals surface area contributed by atoms with E-state index < -0.39 is 0 Å². The fourth-order valence-corrected chi connectivity index (χ4v) is 5.19. The van der Waals surface area contributed by atoms with Crippen LogP contribution in [0.3, 0.4) is 0 Å². The number of thiazole rings is 1. The molecule has 0 atom stereocenters. The Kier molecular flexibility index (Phi) is 8.92. The van der Waals surface area contributed by atoms with Crippen LogP contribution < -0.4 is 4.90 Å². The van der Waals surface area contributed by atoms with E-state index in [2.05, 4.69) is 49.9 Å². The van der Waals surface area contributed by atoms with Gasteiger partial charge in [0.15, 0.2) is 0 Å². The number of carbonyl (C=O) groups excluding carboxylic acids is 1. The van der Waals surface area contributed by atoms with E-state index in [9.17, 15) is 4.79 Å². The summed E-state index contributed by atoms with van der Waals surface area (Å²) in [4.78, 5) is 21.9. The largest absolute Gasteiger partial charge is 0.368 e. The van der Waals surface area contributed by atoms with Gasteiger partial charge in [-0.25, -0.2) is 9.67 Å². The number of para-hydroxylation sites is 1. The van der Waals surface area contributed by atoms with Crippen LogP contribution >= 0.6 is 23.7 Å². The van der Waals surface area contributed by atoms with Crippen molar-refractivity contribution in [3.63, 3.8) is 0 Å². The van der Waals surface area contributed by atoms with Crippen LogP contribution in [0.25, 0.3) is 5.13 Å². The molecule has 0 radical (unpaired) electrons. The standard InChI is InChI=1S/C25H33N5OS.ClH/c1-4-5-7-12-23-19(2)27-30(20(23)3)25-26-21(18-32-25)17-24(31)29-15-13-28(14-16-29)22-10-8-6-9-11-22;/h6,8-11,18H,4-5,7,12-17H2,1-3H3;1H. The summed E-state index contributed by atoms with van der Waals surface area (Å²) < 4.78 is 1.95. The molecule has 4 rings (SSSR count). The quantitative estimate of drug-likeness (QED) is 0.420. The van der Waals surface area contributed by atoms with Gasteiger partial charge in [0.05, 0.1) is 17.8 Å². The van der Waals surface area contributed by atoms with Crippen molar-refractivity contribution >= 4 is 35.3 Å². The average molecular weight is 488 g/mol. The monoisotopic (exact) mass is 487 g/mol. The molecule has 33 heavy (non-hydrogen) atoms. The minimum atomic E-state index is 0. The first-order chi connectivity index (χ1) is 15.6. The zero-order chi connectivity index (χ0) is 22.5. The van der Waals surface area contributed by atoms with Crippen LogP contribution in [0.1, 0.15) is 48.8 Å². The molecule has 8 heteroatoms. The summed E-state index contributed by atoms with van der Waals surface area (Å²) in [5.41, 5.74) is 5.65. The number of benzene rings is 1. The lowest BCUT2D eigenvalue weighted by Gasteiger charge is -2.36. The summed E-state index contributed by atoms with van der Waals surface area (Å²) in [7, 11) is 0. The fourth-order valence-electron chi connectivity index (χ4n) is 4.37. The summed E-state index contributed by atoms with van der Waals surface area (Å²) in [5, 5.41) is 7.59. The van der Waals surface area contributed by atoms with Crippen LogP contribution in [0.15, 0.2) is 35.7 Å². The van der Waals surface area contributed by atoms with E-state index in [1.807, 2.05) is 21.0 Å². The number of anilines is 1. The van der Waals surface area contributed by atoms with Crippen LogP contribution in [0.5, 0.6) is 0 Å². The molecule has 3 aromatic rings. The maximum atomic E-state index is 12.9. The third kappa shape index (κ3) is 5.95. The van der Waals surface area contributed by atoms with Gasteiger partial charge >= 0.3 is 0 Å². The molecule has 0 N–H and O–H groups in total. The molecular formula is C25H34ClN5OS. The van der Waals surface area contributed by atoms with Crippen molar-refractivity contribution in [2.24, 2.45) is 0 Å². The summed E-state index contributed by atoms with van der Waals surface area (Å²) >= 11 is 1.56. The maximum Gasteiger partial charge on any atom is 0.228 e. The van der Waals surface area contributed by atoms with Gasteiger partial charge in [0, 0.05) is 42.9 Å². The Hall–Kier alpha value is -2.38. The van der Waals surface area contributed by atoms with Crippen molar-refractivity contribution in [1.82, 2.24) is 19.7 Å². The van der Waals surface area contributed by atoms with E-state index >= 15 is 0 Å². The SMILES string of the molecule is CCCCCc1c(C)nn(-c2nc(CC(=O)N3CCN(c4ccccc4)CC3)cs2)c1C.Cl. The minimum Gasteiger partial charge on any atom is -0.368 e. The fraction of sp³-hybridized carbons (Fsp3) is 0.480. The molecule has 1 aliphatic heterocycles. The number of piperazine rings is 1. The van der Waals surface area contributed by atoms with E-state index in [1.54, 1.807) is 11.3 Å². The minimum absolute atomic E-state index is 0. The Morgan fingerprint density at radius 3 is 2.48 bits per heavy atom. The molecule has 1 saturated heterocycles. The average Bonchev–Trinajstić information content (AvgIpc) is 3.39. The third-order valence-corrected chi connectivity index (χ3v) is 7.14. The number of unbranched alkanes of at least 4 members (excludes halogenated alkanes) is 2. The second kappa shape index (κ2) is 11.7. The molecule has 0 unspecified atom stereocenters. The van der Waals surface area contributed by atoms with Crippen molar-refractivity contribution in [2.45, 2.75) is 52.9 Å². The smallest absolute Gasteiger partial charge is 0.228 e. The Morgan fingerprint density at radius 2 is 1.79 bits per heavy atom. The van der Waals surface area contributed by atoms with E-state index in [-0.39, 0.29) is 18.3 Å². The Bertz CT molecular complexity index is 1040. The normalized spacial score (nSPS) is 13.8. The molecule has 0 spiro atoms. The van der Waals surface area contributed by atoms with Crippen LogP contribution in [-0.4, -0.2) is 51.8 Å². The van der Waals surface area contributed by atoms with Crippen LogP contribution in [0.2, 0.25) is 0 Å². The number of amides is 1. The van der Waals surface area contributed by atoms with Crippen molar-refractivity contribution in [3.8, 4) is 5.13 Å². The molecule has 6 nitrogen and oxygen atoms in total. The topological polar surface area (TPSA) is 54.3 Å². The van der Waals surface area contributed by atoms with Crippen LogP contribution in [0, 0.1) is 13.8 Å². The molecule has 1 aliphatic rings. The highest BCUT2D eigenvalue weighted by Crippen LogP contribution is 2.23. The zero-order valence-corrected chi connectivity index (χ0v) is 21.4. The first-order valence-corrected chi connectivity index (χ1v) is 12.5. The third-order valence-electron chi connectivity index (χ3n) is 6.28. The zero-order valence-electron chi connectivity index (χ0n) is 19.8. The first-order valence-electron chi connectivity index (χ1n) is 11.6. The molecule has 1 aromatic carbocycles. The van der Waals surface area contributed by atoms with Gasteiger partial charge in [-0.1, -0.05) is 38.0 Å². The van der Waals surface area contributed by atoms with Crippen LogP contribution in [0.4, 0.5) is 5.69 Å². The number of carbonyl (C=O) groups is 1. The first kappa shape index (κ1) is 25.2. The Labute approximate surface area is 207 Å². The van der Waals surface area contributed by atoms with Gasteiger partial charge < -0.3 is 9.80 Å². The number of aromatic nitrogens is 3. The van der Waals surface area contributed by atoms with E-state index in [0.29, 0.717) is 6.42 Å². The van der Waals surface area contributed by atoms with Crippen molar-refractivity contribution < 1.29 is 4.79 Å². The predicted octanol–water partition coefficient (Wildman–Crippen LogP) is 4.99. The lowest BCUT2D eigenvalue weighted by atomic mass is 10.1. The highest BCUT2D eigenvalue weighted by Gasteiger charge is 2.22. The summed E-state index contributed by atoms with van der Waals surface area (Å²) in [6.07, 6.45) is 5.07. The van der Waals surface area contributed by atoms with E-state index in [0.717, 1.165) is 49.1 Å². The summed E-state index contributed by atoms with van der Waals surface area (Å²) in [5.74, 6) is 0.156. The number of hydrogen-bond acceptors (Lipinski definition) is 5. The molecule has 0 aliphatic carbocycles. The number of hydrogen-bond donors (Lipinski definition) is 0. The van der Waals surface area contributed by atoms with Gasteiger partial charge in [0.25, 0.3) is 0 Å². The highest BCUT2D eigenvalue weighted by atomic mass is 35.5. The van der Waals surface area contributed by atoms with E-state index in [1.165, 1.54) is 36.2 Å². The molecule has 2 aromatic heterocycles. The maximum absolute atomic E-state index is 12.9. The second-order valence-corrected chi connectivity index (χ2v) is 9.36. The number of halogens is 1. The van der Waals surface area contributed by atoms with Gasteiger partial charge in [0.1, 0.15) is 0 Å². The second-order valence-electron chi connectivity index (χ2n) is 8.52. The highest BCUT2D eigenvalue weighted by molar-refractivity contribution is 7.12. The summed E-state index contributed by atoms with van der Waals surface area (Å²) in [6.45, 7) is 9.67. The van der Waals surface area contributed by atoms with Crippen molar-refractivity contribution in [2.75, 3.05) is 31.1 Å². The molecule has 3 heterocycles. The molecule has 0 saturated carbocycles. The molecule has 1 amide bonds. The molecule has 1 fully saturated rings.